The van der Waals surface area contributed by atoms with Gasteiger partial charge < -0.3 is 4.42 Å². The van der Waals surface area contributed by atoms with Crippen molar-refractivity contribution >= 4 is 10.8 Å². The van der Waals surface area contributed by atoms with Crippen LogP contribution in [0, 0.1) is 0 Å². The van der Waals surface area contributed by atoms with Gasteiger partial charge in [-0.05, 0) is 40.5 Å². The summed E-state index contributed by atoms with van der Waals surface area (Å²) in [4.78, 5) is 13.7. The molecule has 0 saturated carbocycles. The van der Waals surface area contributed by atoms with E-state index in [-0.39, 0.29) is 11.8 Å². The third kappa shape index (κ3) is 1.30. The van der Waals surface area contributed by atoms with E-state index in [0.717, 1.165) is 22.2 Å². The summed E-state index contributed by atoms with van der Waals surface area (Å²) < 4.78 is 5.39. The molecule has 4 heteroatoms. The van der Waals surface area contributed by atoms with Crippen molar-refractivity contribution in [2.45, 2.75) is 11.8 Å². The zero-order chi connectivity index (χ0) is 15.0. The summed E-state index contributed by atoms with van der Waals surface area (Å²) in [6, 6.07) is 6.60. The second kappa shape index (κ2) is 3.84. The zero-order valence-corrected chi connectivity index (χ0v) is 12.1. The van der Waals surface area contributed by atoms with Crippen LogP contribution in [0.15, 0.2) is 59.9 Å². The molecule has 2 unspecified atom stereocenters. The van der Waals surface area contributed by atoms with Crippen LogP contribution < -0.4 is 0 Å². The van der Waals surface area contributed by atoms with Crippen molar-refractivity contribution in [2.75, 3.05) is 0 Å². The summed E-state index contributed by atoms with van der Waals surface area (Å²) in [6.07, 6.45) is 11.0. The Kier molecular flexibility index (Phi) is 1.93. The van der Waals surface area contributed by atoms with Crippen LogP contribution in [0.4, 0.5) is 0 Å². The van der Waals surface area contributed by atoms with Gasteiger partial charge in [0, 0.05) is 35.6 Å². The van der Waals surface area contributed by atoms with Gasteiger partial charge in [0.15, 0.2) is 0 Å². The van der Waals surface area contributed by atoms with Gasteiger partial charge in [-0.25, -0.2) is 0 Å². The van der Waals surface area contributed by atoms with Crippen molar-refractivity contribution in [3.8, 4) is 0 Å². The standard InChI is InChI=1S/C19H11N3O/c1-2-20-7-15-12(1)16-13-5-10-8-23-9-11(10)6-14(13)17(15)19-18(16)21-3-4-22-19/h1-9,16-17H. The molecule has 0 spiro atoms. The number of fused-ring (bicyclic) bond motifs is 1. The second-order valence-corrected chi connectivity index (χ2v) is 6.18. The summed E-state index contributed by atoms with van der Waals surface area (Å²) >= 11 is 0. The lowest BCUT2D eigenvalue weighted by atomic mass is 9.64. The molecular weight excluding hydrogens is 286 g/mol. The van der Waals surface area contributed by atoms with Crippen LogP contribution in [0.3, 0.4) is 0 Å². The minimum atomic E-state index is 0.113. The molecule has 0 fully saturated rings. The summed E-state index contributed by atoms with van der Waals surface area (Å²) in [7, 11) is 0. The zero-order valence-electron chi connectivity index (χ0n) is 12.1. The number of hydrogen-bond acceptors (Lipinski definition) is 4. The number of furan rings is 1. The first kappa shape index (κ1) is 11.5. The molecule has 0 radical (unpaired) electrons. The van der Waals surface area contributed by atoms with Gasteiger partial charge >= 0.3 is 0 Å². The Morgan fingerprint density at radius 1 is 0.739 bits per heavy atom. The van der Waals surface area contributed by atoms with Gasteiger partial charge in [-0.15, -0.1) is 0 Å². The minimum absolute atomic E-state index is 0.113. The Balaban J connectivity index is 1.78. The molecule has 0 N–H and O–H groups in total. The van der Waals surface area contributed by atoms with E-state index in [4.69, 9.17) is 4.42 Å². The average molecular weight is 297 g/mol. The van der Waals surface area contributed by atoms with Crippen molar-refractivity contribution < 1.29 is 4.42 Å². The van der Waals surface area contributed by atoms with Crippen molar-refractivity contribution in [1.29, 1.82) is 0 Å². The summed E-state index contributed by atoms with van der Waals surface area (Å²) in [5.41, 5.74) is 7.31. The van der Waals surface area contributed by atoms with Crippen LogP contribution >= 0.6 is 0 Å². The number of hydrogen-bond donors (Lipinski definition) is 0. The van der Waals surface area contributed by atoms with Gasteiger partial charge in [0.05, 0.1) is 35.7 Å². The van der Waals surface area contributed by atoms with E-state index in [9.17, 15) is 0 Å². The Morgan fingerprint density at radius 2 is 1.39 bits per heavy atom. The van der Waals surface area contributed by atoms with Crippen molar-refractivity contribution in [3.05, 3.63) is 89.2 Å². The first-order valence-corrected chi connectivity index (χ1v) is 7.66. The maximum Gasteiger partial charge on any atom is 0.0981 e. The molecular formula is C19H11N3O. The van der Waals surface area contributed by atoms with E-state index in [2.05, 4.69) is 33.2 Å². The van der Waals surface area contributed by atoms with Gasteiger partial charge in [0.1, 0.15) is 0 Å². The molecule has 0 saturated heterocycles. The third-order valence-electron chi connectivity index (χ3n) is 5.11. The molecule has 3 aliphatic carbocycles. The van der Waals surface area contributed by atoms with E-state index in [1.807, 2.05) is 18.7 Å². The highest BCUT2D eigenvalue weighted by Crippen LogP contribution is 2.54. The number of benzene rings is 1. The van der Waals surface area contributed by atoms with Crippen LogP contribution in [0.1, 0.15) is 45.5 Å². The van der Waals surface area contributed by atoms with E-state index in [1.54, 1.807) is 18.7 Å². The van der Waals surface area contributed by atoms with Crippen molar-refractivity contribution in [2.24, 2.45) is 0 Å². The molecule has 1 aromatic carbocycles. The fourth-order valence-corrected chi connectivity index (χ4v) is 4.20. The number of pyridine rings is 1. The summed E-state index contributed by atoms with van der Waals surface area (Å²) in [5.74, 6) is 0.248. The third-order valence-corrected chi connectivity index (χ3v) is 5.11. The molecule has 4 nitrogen and oxygen atoms in total. The van der Waals surface area contributed by atoms with Gasteiger partial charge in [0.25, 0.3) is 0 Å². The normalized spacial score (nSPS) is 20.2. The fraction of sp³-hybridized carbons (Fsp3) is 0.105. The average Bonchev–Trinajstić information content (AvgIpc) is 3.06. The van der Waals surface area contributed by atoms with Gasteiger partial charge in [-0.1, -0.05) is 0 Å². The smallest absolute Gasteiger partial charge is 0.0981 e. The molecule has 2 bridgehead atoms. The quantitative estimate of drug-likeness (QED) is 0.430. The number of rotatable bonds is 0. The molecule has 7 rings (SSSR count). The van der Waals surface area contributed by atoms with Crippen molar-refractivity contribution in [3.63, 3.8) is 0 Å². The first-order chi connectivity index (χ1) is 11.4. The van der Waals surface area contributed by atoms with Gasteiger partial charge in [-0.2, -0.15) is 0 Å². The second-order valence-electron chi connectivity index (χ2n) is 6.18. The molecule has 3 aromatic heterocycles. The highest BCUT2D eigenvalue weighted by atomic mass is 16.3. The predicted molar refractivity (Wildman–Crippen MR) is 84.4 cm³/mol. The molecule has 3 heterocycles. The molecule has 108 valence electrons. The lowest BCUT2D eigenvalue weighted by Crippen LogP contribution is -2.29. The van der Waals surface area contributed by atoms with Crippen LogP contribution in [0.5, 0.6) is 0 Å². The van der Waals surface area contributed by atoms with E-state index in [0.29, 0.717) is 0 Å². The molecule has 3 aliphatic rings. The predicted octanol–water partition coefficient (Wildman–Crippen LogP) is 3.61. The van der Waals surface area contributed by atoms with Crippen LogP contribution in [-0.2, 0) is 0 Å². The van der Waals surface area contributed by atoms with Crippen LogP contribution in [0.2, 0.25) is 0 Å². The summed E-state index contributed by atoms with van der Waals surface area (Å²) in [5, 5.41) is 2.27. The molecule has 0 amide bonds. The largest absolute Gasteiger partial charge is 0.471 e. The van der Waals surface area contributed by atoms with Gasteiger partial charge in [-0.3, -0.25) is 15.0 Å². The fourth-order valence-electron chi connectivity index (χ4n) is 4.20. The van der Waals surface area contributed by atoms with E-state index >= 15 is 0 Å². The van der Waals surface area contributed by atoms with Crippen molar-refractivity contribution in [1.82, 2.24) is 15.0 Å². The van der Waals surface area contributed by atoms with Gasteiger partial charge in [0.2, 0.25) is 0 Å². The number of aromatic nitrogens is 3. The molecule has 0 aliphatic heterocycles. The molecule has 23 heavy (non-hydrogen) atoms. The highest BCUT2D eigenvalue weighted by molar-refractivity contribution is 5.85. The minimum Gasteiger partial charge on any atom is -0.471 e. The Morgan fingerprint density at radius 3 is 2.09 bits per heavy atom. The highest BCUT2D eigenvalue weighted by Gasteiger charge is 2.43. The maximum atomic E-state index is 5.39. The number of nitrogens with zero attached hydrogens (tertiary/aromatic N) is 3. The Hall–Kier alpha value is -3.01. The van der Waals surface area contributed by atoms with Crippen LogP contribution in [-0.4, -0.2) is 15.0 Å². The lowest BCUT2D eigenvalue weighted by Gasteiger charge is -2.39. The molecule has 2 atom stereocenters. The molecule has 4 aromatic rings. The topological polar surface area (TPSA) is 51.8 Å². The Bertz CT molecular complexity index is 967. The first-order valence-electron chi connectivity index (χ1n) is 7.66. The summed E-state index contributed by atoms with van der Waals surface area (Å²) in [6.45, 7) is 0. The lowest BCUT2D eigenvalue weighted by molar-refractivity contribution is 0.572. The van der Waals surface area contributed by atoms with Crippen LogP contribution in [0.25, 0.3) is 10.8 Å². The monoisotopic (exact) mass is 297 g/mol. The van der Waals surface area contributed by atoms with E-state index in [1.165, 1.54) is 22.3 Å². The SMILES string of the molecule is c1cc2c(cn1)C1c3cc4cocc4cc3C2c2nccnc21. The van der Waals surface area contributed by atoms with E-state index < -0.39 is 0 Å². The Labute approximate surface area is 131 Å². The maximum absolute atomic E-state index is 5.39.